The van der Waals surface area contributed by atoms with Crippen molar-refractivity contribution in [3.63, 3.8) is 0 Å². The van der Waals surface area contributed by atoms with Crippen LogP contribution >= 0.6 is 11.3 Å². The molecule has 0 unspecified atom stereocenters. The van der Waals surface area contributed by atoms with Crippen molar-refractivity contribution < 1.29 is 9.59 Å². The van der Waals surface area contributed by atoms with Crippen molar-refractivity contribution in [1.82, 2.24) is 30.4 Å². The van der Waals surface area contributed by atoms with Gasteiger partial charge in [-0.3, -0.25) is 9.59 Å². The van der Waals surface area contributed by atoms with Crippen molar-refractivity contribution in [2.24, 2.45) is 0 Å². The number of likely N-dealkylation sites (tertiary alicyclic amines) is 1. The molecule has 0 spiro atoms. The van der Waals surface area contributed by atoms with Gasteiger partial charge in [0, 0.05) is 25.5 Å². The predicted octanol–water partition coefficient (Wildman–Crippen LogP) is 1.45. The monoisotopic (exact) mass is 360 g/mol. The molecule has 1 fully saturated rings. The van der Waals surface area contributed by atoms with Gasteiger partial charge in [-0.15, -0.1) is 10.2 Å². The van der Waals surface area contributed by atoms with Crippen LogP contribution in [0, 0.1) is 0 Å². The lowest BCUT2D eigenvalue weighted by molar-refractivity contribution is 0.0711. The molecule has 2 aromatic heterocycles. The molecule has 2 aromatic rings. The third-order valence-electron chi connectivity index (χ3n) is 3.97. The third-order valence-corrected chi connectivity index (χ3v) is 5.04. The van der Waals surface area contributed by atoms with Crippen molar-refractivity contribution in [2.45, 2.75) is 39.2 Å². The summed E-state index contributed by atoms with van der Waals surface area (Å²) >= 11 is 1.46. The Labute approximate surface area is 149 Å². The zero-order valence-electron chi connectivity index (χ0n) is 14.1. The normalized spacial score (nSPS) is 14.4. The van der Waals surface area contributed by atoms with E-state index in [0.29, 0.717) is 13.1 Å². The summed E-state index contributed by atoms with van der Waals surface area (Å²) in [5.74, 6) is -0.663. The Bertz CT molecular complexity index is 757. The first kappa shape index (κ1) is 17.4. The molecule has 3 heterocycles. The second-order valence-corrected chi connectivity index (χ2v) is 6.88. The van der Waals surface area contributed by atoms with Gasteiger partial charge < -0.3 is 10.2 Å². The molecule has 132 valence electrons. The van der Waals surface area contributed by atoms with Crippen LogP contribution in [0.5, 0.6) is 0 Å². The van der Waals surface area contributed by atoms with E-state index in [2.05, 4.69) is 25.5 Å². The van der Waals surface area contributed by atoms with Crippen LogP contribution in [0.1, 0.15) is 57.2 Å². The Morgan fingerprint density at radius 3 is 2.44 bits per heavy atom. The molecule has 3 rings (SSSR count). The zero-order valence-corrected chi connectivity index (χ0v) is 14.9. The number of carbonyl (C=O) groups excluding carboxylic acids is 2. The fourth-order valence-corrected chi connectivity index (χ4v) is 3.37. The SMILES string of the molecule is CCc1nnc(CNC(=O)c2nccnc2C(=O)N2CCCCC2)s1. The zero-order chi connectivity index (χ0) is 17.6. The second kappa shape index (κ2) is 8.11. The Balaban J connectivity index is 1.70. The molecular formula is C16H20N6O2S. The third kappa shape index (κ3) is 4.16. The Kier molecular flexibility index (Phi) is 5.64. The highest BCUT2D eigenvalue weighted by molar-refractivity contribution is 7.11. The quantitative estimate of drug-likeness (QED) is 0.866. The van der Waals surface area contributed by atoms with E-state index in [4.69, 9.17) is 0 Å². The van der Waals surface area contributed by atoms with E-state index in [1.54, 1.807) is 4.90 Å². The lowest BCUT2D eigenvalue weighted by Crippen LogP contribution is -2.38. The van der Waals surface area contributed by atoms with Crippen molar-refractivity contribution in [3.05, 3.63) is 33.8 Å². The van der Waals surface area contributed by atoms with E-state index in [9.17, 15) is 9.59 Å². The molecule has 0 aliphatic carbocycles. The van der Waals surface area contributed by atoms with Gasteiger partial charge in [0.2, 0.25) is 0 Å². The fourth-order valence-electron chi connectivity index (χ4n) is 2.65. The van der Waals surface area contributed by atoms with Crippen LogP contribution in [0.4, 0.5) is 0 Å². The minimum atomic E-state index is -0.429. The molecule has 1 N–H and O–H groups in total. The van der Waals surface area contributed by atoms with Crippen LogP contribution in [0.25, 0.3) is 0 Å². The van der Waals surface area contributed by atoms with Crippen LogP contribution in [0.3, 0.4) is 0 Å². The summed E-state index contributed by atoms with van der Waals surface area (Å²) in [7, 11) is 0. The molecule has 1 aliphatic heterocycles. The van der Waals surface area contributed by atoms with E-state index in [0.717, 1.165) is 35.7 Å². The standard InChI is InChI=1S/C16H20N6O2S/c1-2-11-20-21-12(25-11)10-19-15(23)13-14(18-7-6-17-13)16(24)22-8-4-3-5-9-22/h6-7H,2-5,8-10H2,1H3,(H,19,23). The van der Waals surface area contributed by atoms with Crippen molar-refractivity contribution in [1.29, 1.82) is 0 Å². The van der Waals surface area contributed by atoms with Gasteiger partial charge in [-0.1, -0.05) is 18.3 Å². The number of carbonyl (C=O) groups is 2. The summed E-state index contributed by atoms with van der Waals surface area (Å²) in [6.45, 7) is 3.65. The number of piperidine rings is 1. The van der Waals surface area contributed by atoms with Gasteiger partial charge in [0.25, 0.3) is 11.8 Å². The molecule has 2 amide bonds. The van der Waals surface area contributed by atoms with Gasteiger partial charge in [0.05, 0.1) is 6.54 Å². The average Bonchev–Trinajstić information content (AvgIpc) is 3.14. The Morgan fingerprint density at radius 2 is 1.76 bits per heavy atom. The minimum Gasteiger partial charge on any atom is -0.344 e. The largest absolute Gasteiger partial charge is 0.344 e. The summed E-state index contributed by atoms with van der Waals surface area (Å²) in [5.41, 5.74) is 0.159. The number of hydrogen-bond acceptors (Lipinski definition) is 7. The molecule has 1 aliphatic rings. The molecule has 0 bridgehead atoms. The Morgan fingerprint density at radius 1 is 1.08 bits per heavy atom. The lowest BCUT2D eigenvalue weighted by Gasteiger charge is -2.26. The Hall–Kier alpha value is -2.42. The highest BCUT2D eigenvalue weighted by atomic mass is 32.1. The lowest BCUT2D eigenvalue weighted by atomic mass is 10.1. The predicted molar refractivity (Wildman–Crippen MR) is 92.2 cm³/mol. The van der Waals surface area contributed by atoms with Gasteiger partial charge >= 0.3 is 0 Å². The van der Waals surface area contributed by atoms with E-state index in [1.807, 2.05) is 6.92 Å². The van der Waals surface area contributed by atoms with Gasteiger partial charge in [-0.05, 0) is 25.7 Å². The molecule has 0 aromatic carbocycles. The van der Waals surface area contributed by atoms with Gasteiger partial charge in [0.15, 0.2) is 11.4 Å². The van der Waals surface area contributed by atoms with Crippen LogP contribution in [0.15, 0.2) is 12.4 Å². The number of amides is 2. The number of rotatable bonds is 5. The first-order chi connectivity index (χ1) is 12.2. The molecular weight excluding hydrogens is 340 g/mol. The van der Waals surface area contributed by atoms with Gasteiger partial charge in [0.1, 0.15) is 10.0 Å². The molecule has 0 atom stereocenters. The maximum absolute atomic E-state index is 12.7. The van der Waals surface area contributed by atoms with E-state index in [-0.39, 0.29) is 23.8 Å². The van der Waals surface area contributed by atoms with Gasteiger partial charge in [-0.25, -0.2) is 9.97 Å². The average molecular weight is 360 g/mol. The summed E-state index contributed by atoms with van der Waals surface area (Å²) in [5, 5.41) is 12.4. The van der Waals surface area contributed by atoms with E-state index < -0.39 is 5.91 Å². The first-order valence-electron chi connectivity index (χ1n) is 8.38. The minimum absolute atomic E-state index is 0.0540. The highest BCUT2D eigenvalue weighted by Crippen LogP contribution is 2.14. The summed E-state index contributed by atoms with van der Waals surface area (Å²) in [4.78, 5) is 35.1. The molecule has 0 radical (unpaired) electrons. The number of nitrogens with zero attached hydrogens (tertiary/aromatic N) is 5. The molecule has 25 heavy (non-hydrogen) atoms. The second-order valence-electron chi connectivity index (χ2n) is 5.73. The number of aromatic nitrogens is 4. The molecule has 1 saturated heterocycles. The van der Waals surface area contributed by atoms with Crippen LogP contribution in [0.2, 0.25) is 0 Å². The topological polar surface area (TPSA) is 101 Å². The van der Waals surface area contributed by atoms with Crippen molar-refractivity contribution in [2.75, 3.05) is 13.1 Å². The van der Waals surface area contributed by atoms with Gasteiger partial charge in [-0.2, -0.15) is 0 Å². The summed E-state index contributed by atoms with van der Waals surface area (Å²) in [6.07, 6.45) is 6.74. The number of aryl methyl sites for hydroxylation is 1. The highest BCUT2D eigenvalue weighted by Gasteiger charge is 2.25. The molecule has 8 nitrogen and oxygen atoms in total. The fraction of sp³-hybridized carbons (Fsp3) is 0.500. The summed E-state index contributed by atoms with van der Waals surface area (Å²) in [6, 6.07) is 0. The smallest absolute Gasteiger partial charge is 0.274 e. The summed E-state index contributed by atoms with van der Waals surface area (Å²) < 4.78 is 0. The van der Waals surface area contributed by atoms with Crippen LogP contribution in [-0.4, -0.2) is 50.0 Å². The molecule has 0 saturated carbocycles. The van der Waals surface area contributed by atoms with Crippen LogP contribution < -0.4 is 5.32 Å². The van der Waals surface area contributed by atoms with Crippen molar-refractivity contribution >= 4 is 23.2 Å². The van der Waals surface area contributed by atoms with Crippen LogP contribution in [-0.2, 0) is 13.0 Å². The number of nitrogens with one attached hydrogen (secondary N) is 1. The maximum Gasteiger partial charge on any atom is 0.274 e. The maximum atomic E-state index is 12.7. The first-order valence-corrected chi connectivity index (χ1v) is 9.20. The van der Waals surface area contributed by atoms with Crippen molar-refractivity contribution in [3.8, 4) is 0 Å². The van der Waals surface area contributed by atoms with E-state index >= 15 is 0 Å². The molecule has 9 heteroatoms. The number of hydrogen-bond donors (Lipinski definition) is 1. The van der Waals surface area contributed by atoms with E-state index in [1.165, 1.54) is 23.7 Å².